The first-order valence-corrected chi connectivity index (χ1v) is 17.2. The maximum Gasteiger partial charge on any atom is 0.317 e. The number of fused-ring (bicyclic) bond motifs is 2. The molecule has 1 aromatic carbocycles. The second-order valence-corrected chi connectivity index (χ2v) is 13.3. The lowest BCUT2D eigenvalue weighted by Gasteiger charge is -2.34. The first kappa shape index (κ1) is 32.5. The van der Waals surface area contributed by atoms with E-state index >= 15 is 0 Å². The van der Waals surface area contributed by atoms with E-state index in [2.05, 4.69) is 25.3 Å². The van der Waals surface area contributed by atoms with Crippen LogP contribution >= 0.6 is 0 Å². The number of halogens is 2. The molecule has 7 rings (SSSR count). The summed E-state index contributed by atoms with van der Waals surface area (Å²) >= 11 is 0. The first-order valence-electron chi connectivity index (χ1n) is 17.2. The van der Waals surface area contributed by atoms with Gasteiger partial charge in [-0.2, -0.15) is 10.2 Å². The van der Waals surface area contributed by atoms with E-state index in [9.17, 15) is 18.4 Å². The van der Waals surface area contributed by atoms with Crippen LogP contribution in [0, 0.1) is 0 Å². The molecular formula is C34H45F2N9O3. The van der Waals surface area contributed by atoms with Gasteiger partial charge in [-0.1, -0.05) is 0 Å². The Morgan fingerprint density at radius 2 is 1.85 bits per heavy atom. The van der Waals surface area contributed by atoms with Crippen molar-refractivity contribution in [3.05, 3.63) is 46.9 Å². The number of likely N-dealkylation sites (tertiary alicyclic amines) is 1. The number of nitrogens with zero attached hydrogens (tertiary/aromatic N) is 7. The number of hydrogen-bond acceptors (Lipinski definition) is 7. The number of amides is 3. The molecule has 3 amide bonds. The molecule has 0 saturated carbocycles. The lowest BCUT2D eigenvalue weighted by molar-refractivity contribution is -0.140. The quantitative estimate of drug-likeness (QED) is 0.394. The van der Waals surface area contributed by atoms with Gasteiger partial charge in [0.05, 0.1) is 24.9 Å². The predicted molar refractivity (Wildman–Crippen MR) is 176 cm³/mol. The highest BCUT2D eigenvalue weighted by atomic mass is 19.3. The van der Waals surface area contributed by atoms with E-state index < -0.39 is 6.43 Å². The van der Waals surface area contributed by atoms with Crippen LogP contribution in [0.1, 0.15) is 67.0 Å². The summed E-state index contributed by atoms with van der Waals surface area (Å²) in [4.78, 5) is 31.5. The lowest BCUT2D eigenvalue weighted by atomic mass is 9.92. The molecule has 258 valence electrons. The third-order valence-electron chi connectivity index (χ3n) is 10.3. The van der Waals surface area contributed by atoms with Crippen molar-refractivity contribution >= 4 is 23.4 Å². The molecule has 48 heavy (non-hydrogen) atoms. The second kappa shape index (κ2) is 13.8. The van der Waals surface area contributed by atoms with Gasteiger partial charge >= 0.3 is 6.03 Å². The van der Waals surface area contributed by atoms with Crippen molar-refractivity contribution in [1.29, 1.82) is 0 Å². The van der Waals surface area contributed by atoms with E-state index in [0.717, 1.165) is 79.9 Å². The van der Waals surface area contributed by atoms with Gasteiger partial charge in [0.25, 0.3) is 6.43 Å². The van der Waals surface area contributed by atoms with Gasteiger partial charge in [0, 0.05) is 81.0 Å². The molecule has 0 atom stereocenters. The van der Waals surface area contributed by atoms with Crippen LogP contribution in [0.4, 0.5) is 25.1 Å². The van der Waals surface area contributed by atoms with E-state index in [-0.39, 0.29) is 36.3 Å². The topological polar surface area (TPSA) is 113 Å². The average molecular weight is 666 g/mol. The molecule has 4 aliphatic rings. The summed E-state index contributed by atoms with van der Waals surface area (Å²) in [5, 5.41) is 15.5. The van der Waals surface area contributed by atoms with Gasteiger partial charge < -0.3 is 30.1 Å². The Morgan fingerprint density at radius 3 is 2.56 bits per heavy atom. The van der Waals surface area contributed by atoms with Crippen LogP contribution in [-0.4, -0.2) is 100 Å². The summed E-state index contributed by atoms with van der Waals surface area (Å²) in [6, 6.07) is 3.45. The SMILES string of the molecule is CNC(=O)N1CCc2c(c(N3CCCc4cc(-c5cnn(C)c5)c(C(F)F)cc43)nn2C2CCN(C(=O)COC3CCNCC3)CC2)C1. The van der Waals surface area contributed by atoms with Crippen LogP contribution in [0.25, 0.3) is 11.1 Å². The fraction of sp³-hybridized carbons (Fsp3) is 0.588. The van der Waals surface area contributed by atoms with E-state index in [1.54, 1.807) is 42.1 Å². The molecule has 14 heteroatoms. The number of hydrogen-bond donors (Lipinski definition) is 2. The Morgan fingerprint density at radius 1 is 1.06 bits per heavy atom. The summed E-state index contributed by atoms with van der Waals surface area (Å²) in [6.07, 6.45) is 6.47. The van der Waals surface area contributed by atoms with Crippen LogP contribution in [0.3, 0.4) is 0 Å². The predicted octanol–water partition coefficient (Wildman–Crippen LogP) is 3.94. The molecule has 12 nitrogen and oxygen atoms in total. The van der Waals surface area contributed by atoms with Crippen LogP contribution in [0.2, 0.25) is 0 Å². The van der Waals surface area contributed by atoms with Gasteiger partial charge in [0.15, 0.2) is 5.82 Å². The number of rotatable bonds is 7. The molecule has 2 N–H and O–H groups in total. The Balaban J connectivity index is 1.17. The molecule has 2 fully saturated rings. The lowest BCUT2D eigenvalue weighted by Crippen LogP contribution is -2.43. The van der Waals surface area contributed by atoms with Crippen LogP contribution in [0.15, 0.2) is 24.5 Å². The van der Waals surface area contributed by atoms with Gasteiger partial charge in [-0.15, -0.1) is 0 Å². The van der Waals surface area contributed by atoms with Crippen molar-refractivity contribution in [3.63, 3.8) is 0 Å². The summed E-state index contributed by atoms with van der Waals surface area (Å²) < 4.78 is 38.9. The molecule has 0 spiro atoms. The molecule has 0 bridgehead atoms. The summed E-state index contributed by atoms with van der Waals surface area (Å²) in [5.41, 5.74) is 4.90. The summed E-state index contributed by atoms with van der Waals surface area (Å²) in [5.74, 6) is 0.754. The number of nitrogens with one attached hydrogen (secondary N) is 2. The Hall–Kier alpha value is -4.04. The third-order valence-corrected chi connectivity index (χ3v) is 10.3. The second-order valence-electron chi connectivity index (χ2n) is 13.3. The molecule has 0 aliphatic carbocycles. The van der Waals surface area contributed by atoms with Crippen molar-refractivity contribution in [2.24, 2.45) is 7.05 Å². The van der Waals surface area contributed by atoms with E-state index in [1.165, 1.54) is 0 Å². The van der Waals surface area contributed by atoms with Gasteiger partial charge in [0.1, 0.15) is 6.61 Å². The maximum absolute atomic E-state index is 14.6. The minimum absolute atomic E-state index is 0.0294. The molecule has 0 unspecified atom stereocenters. The molecular weight excluding hydrogens is 620 g/mol. The molecule has 3 aromatic rings. The van der Waals surface area contributed by atoms with Gasteiger partial charge in [-0.3, -0.25) is 14.2 Å². The number of ether oxygens (including phenoxy) is 1. The standard InChI is InChI=1S/C34H45F2N9O3/c1-37-34(47)43-15-9-29-28(20-43)33(40-45(29)24-7-13-42(14-8-24)31(46)21-48-25-5-10-38-11-6-25)44-12-3-4-22-16-26(23-18-39-41(2)19-23)27(32(35)36)17-30(22)44/h16-19,24-25,32,38H,3-15,20-21H2,1-2H3,(H,37,47). The van der Waals surface area contributed by atoms with Crippen molar-refractivity contribution in [1.82, 2.24) is 40.0 Å². The first-order chi connectivity index (χ1) is 23.3. The number of anilines is 2. The number of piperidine rings is 2. The van der Waals surface area contributed by atoms with Crippen molar-refractivity contribution < 1.29 is 23.1 Å². The summed E-state index contributed by atoms with van der Waals surface area (Å²) in [7, 11) is 3.40. The van der Waals surface area contributed by atoms with Crippen molar-refractivity contribution in [2.75, 3.05) is 57.8 Å². The number of carbonyl (C=O) groups is 2. The zero-order valence-corrected chi connectivity index (χ0v) is 27.8. The van der Waals surface area contributed by atoms with Gasteiger partial charge in [-0.25, -0.2) is 13.6 Å². The Labute approximate surface area is 279 Å². The van der Waals surface area contributed by atoms with E-state index in [4.69, 9.17) is 9.84 Å². The minimum Gasteiger partial charge on any atom is -0.368 e. The van der Waals surface area contributed by atoms with Crippen LogP contribution in [0.5, 0.6) is 0 Å². The minimum atomic E-state index is -2.66. The molecule has 4 aliphatic heterocycles. The maximum atomic E-state index is 14.6. The smallest absolute Gasteiger partial charge is 0.317 e. The van der Waals surface area contributed by atoms with Crippen molar-refractivity contribution in [3.8, 4) is 11.1 Å². The number of carbonyl (C=O) groups excluding carboxylic acids is 2. The highest BCUT2D eigenvalue weighted by molar-refractivity contribution is 5.79. The number of aromatic nitrogens is 4. The van der Waals surface area contributed by atoms with Gasteiger partial charge in [-0.05, 0) is 74.9 Å². The van der Waals surface area contributed by atoms with Gasteiger partial charge in [0.2, 0.25) is 5.91 Å². The fourth-order valence-corrected chi connectivity index (χ4v) is 7.74. The normalized spacial score (nSPS) is 19.1. The van der Waals surface area contributed by atoms with E-state index in [0.29, 0.717) is 50.3 Å². The largest absolute Gasteiger partial charge is 0.368 e. The van der Waals surface area contributed by atoms with Crippen LogP contribution < -0.4 is 15.5 Å². The highest BCUT2D eigenvalue weighted by Gasteiger charge is 2.35. The number of urea groups is 1. The number of alkyl halides is 2. The molecule has 2 saturated heterocycles. The molecule has 2 aromatic heterocycles. The highest BCUT2D eigenvalue weighted by Crippen LogP contribution is 2.43. The fourth-order valence-electron chi connectivity index (χ4n) is 7.74. The van der Waals surface area contributed by atoms with Crippen LogP contribution in [-0.2, 0) is 36.0 Å². The van der Waals surface area contributed by atoms with E-state index in [1.807, 2.05) is 11.0 Å². The Bertz CT molecular complexity index is 1640. The number of benzene rings is 1. The molecule has 6 heterocycles. The van der Waals surface area contributed by atoms with Crippen molar-refractivity contribution in [2.45, 2.75) is 70.1 Å². The zero-order chi connectivity index (χ0) is 33.4. The average Bonchev–Trinajstić information content (AvgIpc) is 3.73. The summed E-state index contributed by atoms with van der Waals surface area (Å²) in [6.45, 7) is 4.78. The zero-order valence-electron chi connectivity index (χ0n) is 27.8. The third kappa shape index (κ3) is 6.39. The number of aryl methyl sites for hydroxylation is 2. The monoisotopic (exact) mass is 665 g/mol. The Kier molecular flexibility index (Phi) is 9.36. The molecule has 0 radical (unpaired) electrons.